The molecule has 0 radical (unpaired) electrons. The fourth-order valence-electron chi connectivity index (χ4n) is 4.09. The quantitative estimate of drug-likeness (QED) is 0.406. The van der Waals surface area contributed by atoms with Crippen LogP contribution in [0.2, 0.25) is 0 Å². The van der Waals surface area contributed by atoms with Crippen LogP contribution in [0.5, 0.6) is 11.5 Å². The van der Waals surface area contributed by atoms with Crippen LogP contribution in [0.4, 0.5) is 0 Å². The molecule has 0 saturated carbocycles. The number of rotatable bonds is 7. The van der Waals surface area contributed by atoms with Gasteiger partial charge in [0.15, 0.2) is 23.9 Å². The number of fused-ring (bicyclic) bond motifs is 1. The third-order valence-corrected chi connectivity index (χ3v) is 7.21. The van der Waals surface area contributed by atoms with Gasteiger partial charge in [-0.2, -0.15) is 0 Å². The van der Waals surface area contributed by atoms with E-state index in [4.69, 9.17) is 14.2 Å². The molecule has 186 valence electrons. The molecule has 35 heavy (non-hydrogen) atoms. The summed E-state index contributed by atoms with van der Waals surface area (Å²) in [7, 11) is 0. The summed E-state index contributed by atoms with van der Waals surface area (Å²) in [6, 6.07) is 12.9. The van der Waals surface area contributed by atoms with Gasteiger partial charge in [0.1, 0.15) is 13.2 Å². The van der Waals surface area contributed by atoms with Gasteiger partial charge >= 0.3 is 5.97 Å². The Morgan fingerprint density at radius 1 is 1.06 bits per heavy atom. The van der Waals surface area contributed by atoms with Gasteiger partial charge in [-0.3, -0.25) is 9.59 Å². The third kappa shape index (κ3) is 5.99. The van der Waals surface area contributed by atoms with Gasteiger partial charge in [-0.25, -0.2) is 4.79 Å². The van der Waals surface area contributed by atoms with Gasteiger partial charge in [-0.1, -0.05) is 39.0 Å². The number of hydrogen-bond acceptors (Lipinski definition) is 7. The van der Waals surface area contributed by atoms with Crippen molar-refractivity contribution in [3.63, 3.8) is 0 Å². The molecule has 1 fully saturated rings. The number of carbonyl (C=O) groups excluding carboxylic acids is 3. The minimum Gasteiger partial charge on any atom is -0.486 e. The summed E-state index contributed by atoms with van der Waals surface area (Å²) < 4.78 is 16.6. The molecule has 8 heteroatoms. The van der Waals surface area contributed by atoms with Crippen LogP contribution in [0.25, 0.3) is 0 Å². The summed E-state index contributed by atoms with van der Waals surface area (Å²) in [4.78, 5) is 40.5. The van der Waals surface area contributed by atoms with Crippen molar-refractivity contribution in [3.8, 4) is 11.5 Å². The van der Waals surface area contributed by atoms with E-state index >= 15 is 0 Å². The van der Waals surface area contributed by atoms with Crippen LogP contribution in [-0.4, -0.2) is 54.7 Å². The SMILES string of the molecule is CC(C)(C)C(=O)COC(=O)c1ccccc1SCC(=O)N1CCC[C@H]1c1ccc2c(c1)OCCO2. The van der Waals surface area contributed by atoms with Crippen LogP contribution >= 0.6 is 11.8 Å². The lowest BCUT2D eigenvalue weighted by molar-refractivity contribution is -0.130. The topological polar surface area (TPSA) is 82.1 Å². The van der Waals surface area contributed by atoms with Crippen molar-refractivity contribution >= 4 is 29.4 Å². The minimum atomic E-state index is -0.579. The fraction of sp³-hybridized carbons (Fsp3) is 0.444. The molecular formula is C27H31NO6S. The zero-order valence-corrected chi connectivity index (χ0v) is 21.2. The molecule has 1 atom stereocenters. The van der Waals surface area contributed by atoms with E-state index in [1.165, 1.54) is 11.8 Å². The lowest BCUT2D eigenvalue weighted by Gasteiger charge is -2.27. The van der Waals surface area contributed by atoms with Crippen molar-refractivity contribution in [1.29, 1.82) is 0 Å². The van der Waals surface area contributed by atoms with Crippen molar-refractivity contribution in [2.45, 2.75) is 44.6 Å². The van der Waals surface area contributed by atoms with Gasteiger partial charge in [-0.05, 0) is 42.7 Å². The van der Waals surface area contributed by atoms with E-state index in [1.54, 1.807) is 39.0 Å². The number of esters is 1. The number of thioether (sulfide) groups is 1. The van der Waals surface area contributed by atoms with Crippen molar-refractivity contribution in [3.05, 3.63) is 53.6 Å². The molecule has 0 unspecified atom stereocenters. The minimum absolute atomic E-state index is 0.0115. The van der Waals surface area contributed by atoms with Gasteiger partial charge in [0.05, 0.1) is 17.4 Å². The zero-order valence-electron chi connectivity index (χ0n) is 20.4. The van der Waals surface area contributed by atoms with Crippen molar-refractivity contribution in [1.82, 2.24) is 4.90 Å². The van der Waals surface area contributed by atoms with E-state index in [9.17, 15) is 14.4 Å². The smallest absolute Gasteiger partial charge is 0.339 e. The maximum atomic E-state index is 13.2. The summed E-state index contributed by atoms with van der Waals surface area (Å²) in [6.45, 7) is 6.84. The highest BCUT2D eigenvalue weighted by Gasteiger charge is 2.31. The highest BCUT2D eigenvalue weighted by Crippen LogP contribution is 2.38. The lowest BCUT2D eigenvalue weighted by atomic mass is 9.91. The Hall–Kier alpha value is -3.00. The Kier molecular flexibility index (Phi) is 7.69. The monoisotopic (exact) mass is 497 g/mol. The van der Waals surface area contributed by atoms with Crippen LogP contribution in [0.15, 0.2) is 47.4 Å². The van der Waals surface area contributed by atoms with Crippen LogP contribution in [0, 0.1) is 5.41 Å². The Bertz CT molecular complexity index is 1110. The number of amides is 1. The molecular weight excluding hydrogens is 466 g/mol. The summed E-state index contributed by atoms with van der Waals surface area (Å²) in [5, 5.41) is 0. The number of Topliss-reactive ketones (excluding diaryl/α,β-unsaturated/α-hetero) is 1. The standard InChI is InChI=1S/C27H31NO6S/c1-27(2,3)24(29)16-34-26(31)19-7-4-5-9-23(19)35-17-25(30)28-12-6-8-20(28)18-10-11-21-22(15-18)33-14-13-32-21/h4-5,7,9-11,15,20H,6,8,12-14,16-17H2,1-3H3/t20-/m0/s1. The number of hydrogen-bond donors (Lipinski definition) is 0. The Morgan fingerprint density at radius 3 is 2.57 bits per heavy atom. The first-order chi connectivity index (χ1) is 16.7. The predicted octanol–water partition coefficient (Wildman–Crippen LogP) is 4.69. The maximum Gasteiger partial charge on any atom is 0.339 e. The molecule has 0 N–H and O–H groups in total. The fourth-order valence-corrected chi connectivity index (χ4v) is 5.01. The first-order valence-electron chi connectivity index (χ1n) is 11.9. The maximum absolute atomic E-state index is 13.2. The van der Waals surface area contributed by atoms with E-state index in [0.717, 1.165) is 29.9 Å². The summed E-state index contributed by atoms with van der Waals surface area (Å²) >= 11 is 1.31. The number of carbonyl (C=O) groups is 3. The molecule has 2 aliphatic rings. The normalized spacial score (nSPS) is 17.2. The summed E-state index contributed by atoms with van der Waals surface area (Å²) in [5.41, 5.74) is 0.819. The first-order valence-corrected chi connectivity index (χ1v) is 12.8. The molecule has 0 aromatic heterocycles. The molecule has 7 nitrogen and oxygen atoms in total. The Labute approximate surface area is 210 Å². The van der Waals surface area contributed by atoms with Crippen LogP contribution in [0.3, 0.4) is 0 Å². The zero-order chi connectivity index (χ0) is 25.0. The van der Waals surface area contributed by atoms with E-state index in [2.05, 4.69) is 0 Å². The molecule has 2 aromatic carbocycles. The summed E-state index contributed by atoms with van der Waals surface area (Å²) in [6.07, 6.45) is 1.82. The van der Waals surface area contributed by atoms with Crippen LogP contribution in [-0.2, 0) is 14.3 Å². The van der Waals surface area contributed by atoms with E-state index in [0.29, 0.717) is 30.2 Å². The predicted molar refractivity (Wildman–Crippen MR) is 133 cm³/mol. The highest BCUT2D eigenvalue weighted by atomic mass is 32.2. The summed E-state index contributed by atoms with van der Waals surface area (Å²) in [5.74, 6) is 0.961. The van der Waals surface area contributed by atoms with E-state index in [1.807, 2.05) is 29.2 Å². The van der Waals surface area contributed by atoms with Crippen molar-refractivity contribution in [2.75, 3.05) is 32.1 Å². The molecule has 2 aromatic rings. The van der Waals surface area contributed by atoms with Crippen LogP contribution in [0.1, 0.15) is 55.6 Å². The van der Waals surface area contributed by atoms with Gasteiger partial charge in [0.2, 0.25) is 5.91 Å². The number of ketones is 1. The molecule has 0 spiro atoms. The number of likely N-dealkylation sites (tertiary alicyclic amines) is 1. The van der Waals surface area contributed by atoms with Gasteiger partial charge in [0, 0.05) is 16.9 Å². The van der Waals surface area contributed by atoms with E-state index < -0.39 is 11.4 Å². The lowest BCUT2D eigenvalue weighted by Crippen LogP contribution is -2.32. The van der Waals surface area contributed by atoms with Crippen molar-refractivity contribution in [2.24, 2.45) is 5.41 Å². The number of nitrogens with zero attached hydrogens (tertiary/aromatic N) is 1. The van der Waals surface area contributed by atoms with Crippen molar-refractivity contribution < 1.29 is 28.6 Å². The molecule has 4 rings (SSSR count). The Balaban J connectivity index is 1.39. The third-order valence-electron chi connectivity index (χ3n) is 6.15. The average molecular weight is 498 g/mol. The highest BCUT2D eigenvalue weighted by molar-refractivity contribution is 8.00. The van der Waals surface area contributed by atoms with Gasteiger partial charge in [-0.15, -0.1) is 11.8 Å². The first kappa shape index (κ1) is 25.1. The second-order valence-electron chi connectivity index (χ2n) is 9.68. The molecule has 0 bridgehead atoms. The second kappa shape index (κ2) is 10.7. The van der Waals surface area contributed by atoms with Crippen LogP contribution < -0.4 is 9.47 Å². The molecule has 1 amide bonds. The average Bonchev–Trinajstić information content (AvgIpc) is 3.35. The molecule has 2 heterocycles. The van der Waals surface area contributed by atoms with E-state index in [-0.39, 0.29) is 30.1 Å². The Morgan fingerprint density at radius 2 is 1.80 bits per heavy atom. The molecule has 2 aliphatic heterocycles. The number of ether oxygens (including phenoxy) is 3. The second-order valence-corrected chi connectivity index (χ2v) is 10.7. The molecule has 1 saturated heterocycles. The number of benzene rings is 2. The van der Waals surface area contributed by atoms with Gasteiger partial charge in [0.25, 0.3) is 0 Å². The largest absolute Gasteiger partial charge is 0.486 e. The molecule has 0 aliphatic carbocycles. The van der Waals surface area contributed by atoms with Gasteiger partial charge < -0.3 is 19.1 Å².